The first kappa shape index (κ1) is 9.36. The van der Waals surface area contributed by atoms with Gasteiger partial charge in [0.1, 0.15) is 0 Å². The smallest absolute Gasteiger partial charge is 0.234 e. The van der Waals surface area contributed by atoms with Crippen molar-refractivity contribution < 1.29 is 9.18 Å². The van der Waals surface area contributed by atoms with Gasteiger partial charge in [-0.15, -0.1) is 0 Å². The fourth-order valence-electron chi connectivity index (χ4n) is 0.601. The van der Waals surface area contributed by atoms with E-state index in [0.717, 1.165) is 0 Å². The zero-order valence-corrected chi connectivity index (χ0v) is 5.85. The van der Waals surface area contributed by atoms with Gasteiger partial charge in [0.15, 0.2) is 0 Å². The standard InChI is InChI=1S/C6H13FN2O/c7-4-2-1-3-5(8)6(9)10/h5H,1-4,8H2,(H2,9,10). The highest BCUT2D eigenvalue weighted by atomic mass is 19.1. The van der Waals surface area contributed by atoms with E-state index in [-0.39, 0.29) is 6.67 Å². The van der Waals surface area contributed by atoms with Crippen LogP contribution in [0.3, 0.4) is 0 Å². The molecule has 3 nitrogen and oxygen atoms in total. The van der Waals surface area contributed by atoms with Crippen LogP contribution in [0.1, 0.15) is 19.3 Å². The summed E-state index contributed by atoms with van der Waals surface area (Å²) in [5.74, 6) is -0.515. The van der Waals surface area contributed by atoms with Crippen LogP contribution in [-0.4, -0.2) is 18.6 Å². The molecule has 0 aromatic heterocycles. The second kappa shape index (κ2) is 5.17. The molecule has 0 spiro atoms. The van der Waals surface area contributed by atoms with Gasteiger partial charge in [-0.1, -0.05) is 0 Å². The van der Waals surface area contributed by atoms with Gasteiger partial charge in [-0.2, -0.15) is 0 Å². The molecule has 0 aromatic rings. The van der Waals surface area contributed by atoms with E-state index in [1.54, 1.807) is 0 Å². The topological polar surface area (TPSA) is 69.1 Å². The van der Waals surface area contributed by atoms with E-state index in [4.69, 9.17) is 11.5 Å². The molecule has 4 heteroatoms. The SMILES string of the molecule is NC(=O)C(N)CCCCF. The minimum atomic E-state index is -0.605. The average molecular weight is 148 g/mol. The van der Waals surface area contributed by atoms with Gasteiger partial charge in [0.25, 0.3) is 0 Å². The van der Waals surface area contributed by atoms with Crippen molar-refractivity contribution in [3.63, 3.8) is 0 Å². The molecule has 0 bridgehead atoms. The van der Waals surface area contributed by atoms with E-state index in [2.05, 4.69) is 0 Å². The summed E-state index contributed by atoms with van der Waals surface area (Å²) in [5, 5.41) is 0. The number of amides is 1. The highest BCUT2D eigenvalue weighted by Crippen LogP contribution is 1.98. The number of unbranched alkanes of at least 4 members (excludes halogenated alkanes) is 1. The second-order valence-corrected chi connectivity index (χ2v) is 2.19. The van der Waals surface area contributed by atoms with Crippen molar-refractivity contribution in [3.05, 3.63) is 0 Å². The summed E-state index contributed by atoms with van der Waals surface area (Å²) >= 11 is 0. The Labute approximate surface area is 59.6 Å². The van der Waals surface area contributed by atoms with Gasteiger partial charge >= 0.3 is 0 Å². The Morgan fingerprint density at radius 3 is 2.50 bits per heavy atom. The molecule has 4 N–H and O–H groups in total. The lowest BCUT2D eigenvalue weighted by atomic mass is 10.1. The van der Waals surface area contributed by atoms with Gasteiger partial charge < -0.3 is 11.5 Å². The van der Waals surface area contributed by atoms with Crippen molar-refractivity contribution in [2.75, 3.05) is 6.67 Å². The number of carbonyl (C=O) groups excluding carboxylic acids is 1. The largest absolute Gasteiger partial charge is 0.368 e. The number of primary amides is 1. The highest BCUT2D eigenvalue weighted by Gasteiger charge is 2.07. The summed E-state index contributed by atoms with van der Waals surface area (Å²) in [5.41, 5.74) is 10.1. The number of nitrogens with two attached hydrogens (primary N) is 2. The first-order valence-corrected chi connectivity index (χ1v) is 3.29. The molecule has 0 saturated heterocycles. The Morgan fingerprint density at radius 2 is 2.10 bits per heavy atom. The second-order valence-electron chi connectivity index (χ2n) is 2.19. The molecular formula is C6H13FN2O. The summed E-state index contributed by atoms with van der Waals surface area (Å²) in [4.78, 5) is 10.3. The number of halogens is 1. The lowest BCUT2D eigenvalue weighted by molar-refractivity contribution is -0.119. The maximum absolute atomic E-state index is 11.5. The summed E-state index contributed by atoms with van der Waals surface area (Å²) in [6, 6.07) is -0.605. The molecule has 1 atom stereocenters. The highest BCUT2D eigenvalue weighted by molar-refractivity contribution is 5.79. The molecule has 60 valence electrons. The number of alkyl halides is 1. The van der Waals surface area contributed by atoms with Crippen molar-refractivity contribution >= 4 is 5.91 Å². The molecule has 0 aromatic carbocycles. The third-order valence-electron chi connectivity index (χ3n) is 1.26. The molecule has 1 amide bonds. The van der Waals surface area contributed by atoms with Gasteiger partial charge in [0.05, 0.1) is 12.7 Å². The maximum atomic E-state index is 11.5. The summed E-state index contributed by atoms with van der Waals surface area (Å²) in [6.07, 6.45) is 1.57. The monoisotopic (exact) mass is 148 g/mol. The first-order valence-electron chi connectivity index (χ1n) is 3.29. The van der Waals surface area contributed by atoms with E-state index in [0.29, 0.717) is 19.3 Å². The summed E-state index contributed by atoms with van der Waals surface area (Å²) in [7, 11) is 0. The number of rotatable bonds is 5. The third-order valence-corrected chi connectivity index (χ3v) is 1.26. The molecule has 0 rings (SSSR count). The molecule has 1 unspecified atom stereocenters. The van der Waals surface area contributed by atoms with E-state index < -0.39 is 11.9 Å². The van der Waals surface area contributed by atoms with E-state index >= 15 is 0 Å². The molecule has 0 heterocycles. The Bertz CT molecular complexity index is 108. The van der Waals surface area contributed by atoms with E-state index in [9.17, 15) is 9.18 Å². The van der Waals surface area contributed by atoms with Crippen LogP contribution in [0.5, 0.6) is 0 Å². The van der Waals surface area contributed by atoms with E-state index in [1.807, 2.05) is 0 Å². The normalized spacial score (nSPS) is 13.0. The Kier molecular flexibility index (Phi) is 4.84. The minimum Gasteiger partial charge on any atom is -0.368 e. The molecule has 0 fully saturated rings. The lowest BCUT2D eigenvalue weighted by Gasteiger charge is -2.04. The van der Waals surface area contributed by atoms with Crippen molar-refractivity contribution in [3.8, 4) is 0 Å². The molecule has 10 heavy (non-hydrogen) atoms. The molecule has 0 aliphatic heterocycles. The molecule has 0 aliphatic rings. The van der Waals surface area contributed by atoms with Crippen LogP contribution in [0.25, 0.3) is 0 Å². The van der Waals surface area contributed by atoms with Crippen molar-refractivity contribution in [2.24, 2.45) is 11.5 Å². The fraction of sp³-hybridized carbons (Fsp3) is 0.833. The van der Waals surface area contributed by atoms with Crippen LogP contribution in [0, 0.1) is 0 Å². The fourth-order valence-corrected chi connectivity index (χ4v) is 0.601. The first-order chi connectivity index (χ1) is 4.68. The molecule has 0 radical (unpaired) electrons. The van der Waals surface area contributed by atoms with Crippen molar-refractivity contribution in [1.29, 1.82) is 0 Å². The van der Waals surface area contributed by atoms with Gasteiger partial charge in [0.2, 0.25) is 5.91 Å². The van der Waals surface area contributed by atoms with Crippen LogP contribution < -0.4 is 11.5 Å². The molecular weight excluding hydrogens is 135 g/mol. The number of hydrogen-bond donors (Lipinski definition) is 2. The Balaban J connectivity index is 3.21. The zero-order chi connectivity index (χ0) is 7.98. The van der Waals surface area contributed by atoms with Crippen LogP contribution in [-0.2, 0) is 4.79 Å². The van der Waals surface area contributed by atoms with Gasteiger partial charge in [0, 0.05) is 0 Å². The molecule has 0 saturated carbocycles. The predicted molar refractivity (Wildman–Crippen MR) is 37.0 cm³/mol. The van der Waals surface area contributed by atoms with Crippen LogP contribution in [0.2, 0.25) is 0 Å². The van der Waals surface area contributed by atoms with Crippen LogP contribution in [0.4, 0.5) is 4.39 Å². The van der Waals surface area contributed by atoms with Gasteiger partial charge in [-0.3, -0.25) is 9.18 Å². The van der Waals surface area contributed by atoms with E-state index in [1.165, 1.54) is 0 Å². The average Bonchev–Trinajstić information content (AvgIpc) is 1.88. The number of hydrogen-bond acceptors (Lipinski definition) is 2. The van der Waals surface area contributed by atoms with Gasteiger partial charge in [-0.25, -0.2) is 0 Å². The lowest BCUT2D eigenvalue weighted by Crippen LogP contribution is -2.36. The minimum absolute atomic E-state index is 0.356. The quantitative estimate of drug-likeness (QED) is 0.536. The van der Waals surface area contributed by atoms with Crippen molar-refractivity contribution in [2.45, 2.75) is 25.3 Å². The number of carbonyl (C=O) groups is 1. The third kappa shape index (κ3) is 4.26. The maximum Gasteiger partial charge on any atom is 0.234 e. The zero-order valence-electron chi connectivity index (χ0n) is 5.85. The van der Waals surface area contributed by atoms with Crippen molar-refractivity contribution in [1.82, 2.24) is 0 Å². The summed E-state index contributed by atoms with van der Waals surface area (Å²) in [6.45, 7) is -0.356. The summed E-state index contributed by atoms with van der Waals surface area (Å²) < 4.78 is 11.5. The van der Waals surface area contributed by atoms with Crippen LogP contribution >= 0.6 is 0 Å². The van der Waals surface area contributed by atoms with Crippen LogP contribution in [0.15, 0.2) is 0 Å². The Hall–Kier alpha value is -0.640. The molecule has 0 aliphatic carbocycles. The van der Waals surface area contributed by atoms with Gasteiger partial charge in [-0.05, 0) is 19.3 Å². The predicted octanol–water partition coefficient (Wildman–Crippen LogP) is -0.0612. The Morgan fingerprint density at radius 1 is 1.50 bits per heavy atom.